The molecular formula is C25H21N3O3S2. The number of rotatable bonds is 3. The second-order valence-electron chi connectivity index (χ2n) is 8.49. The number of thiophene rings is 1. The number of aryl methyl sites for hydroxylation is 2. The molecule has 6 rings (SSSR count). The first kappa shape index (κ1) is 20.4. The van der Waals surface area contributed by atoms with E-state index in [1.54, 1.807) is 15.7 Å². The molecule has 33 heavy (non-hydrogen) atoms. The third-order valence-electron chi connectivity index (χ3n) is 6.47. The average molecular weight is 476 g/mol. The lowest BCUT2D eigenvalue weighted by molar-refractivity contribution is 0.0696. The molecule has 166 valence electrons. The summed E-state index contributed by atoms with van der Waals surface area (Å²) >= 11 is 2.97. The molecule has 8 heteroatoms. The van der Waals surface area contributed by atoms with E-state index in [2.05, 4.69) is 4.98 Å². The molecule has 0 bridgehead atoms. The van der Waals surface area contributed by atoms with E-state index in [9.17, 15) is 14.7 Å². The molecule has 0 saturated heterocycles. The highest BCUT2D eigenvalue weighted by Gasteiger charge is 2.27. The average Bonchev–Trinajstić information content (AvgIpc) is 3.49. The van der Waals surface area contributed by atoms with Crippen molar-refractivity contribution in [2.75, 3.05) is 0 Å². The Bertz CT molecular complexity index is 1700. The van der Waals surface area contributed by atoms with E-state index in [0.29, 0.717) is 15.1 Å². The molecule has 4 heterocycles. The number of aromatic nitrogens is 3. The number of hydrogen-bond acceptors (Lipinski definition) is 5. The van der Waals surface area contributed by atoms with Gasteiger partial charge in [-0.05, 0) is 74.9 Å². The maximum atomic E-state index is 13.2. The van der Waals surface area contributed by atoms with Crippen molar-refractivity contribution in [3.63, 3.8) is 0 Å². The van der Waals surface area contributed by atoms with Crippen LogP contribution in [0.25, 0.3) is 27.1 Å². The molecule has 1 aromatic carbocycles. The quantitative estimate of drug-likeness (QED) is 0.417. The first-order chi connectivity index (χ1) is 15.9. The van der Waals surface area contributed by atoms with Gasteiger partial charge >= 0.3 is 5.97 Å². The molecule has 0 aliphatic heterocycles. The molecule has 1 N–H and O–H groups in total. The Morgan fingerprint density at radius 3 is 2.76 bits per heavy atom. The van der Waals surface area contributed by atoms with Gasteiger partial charge < -0.3 is 9.67 Å². The highest BCUT2D eigenvalue weighted by molar-refractivity contribution is 7.15. The standard InChI is InChI=1S/C25H21N3O3S2/c1-13-11-15(12-20-22(29)28-18-9-5-4-8-17(18)26-25(28)33-20)14(2)27(13)23-21(24(30)31)16-7-3-6-10-19(16)32-23/h4-5,8-9,11-12H,3,6-7,10H2,1-2H3,(H,30,31)/b20-12+. The van der Waals surface area contributed by atoms with Gasteiger partial charge in [-0.25, -0.2) is 14.2 Å². The molecular weight excluding hydrogens is 454 g/mol. The topological polar surface area (TPSA) is 76.6 Å². The number of para-hydroxylation sites is 2. The molecule has 0 fully saturated rings. The van der Waals surface area contributed by atoms with Crippen molar-refractivity contribution in [2.24, 2.45) is 0 Å². The molecule has 6 nitrogen and oxygen atoms in total. The number of aromatic carboxylic acids is 1. The van der Waals surface area contributed by atoms with Gasteiger partial charge in [0.15, 0.2) is 4.96 Å². The van der Waals surface area contributed by atoms with Gasteiger partial charge in [-0.3, -0.25) is 4.79 Å². The Labute approximate surface area is 197 Å². The summed E-state index contributed by atoms with van der Waals surface area (Å²) < 4.78 is 4.32. The van der Waals surface area contributed by atoms with Crippen LogP contribution in [0.15, 0.2) is 35.1 Å². The fourth-order valence-electron chi connectivity index (χ4n) is 4.93. The van der Waals surface area contributed by atoms with Crippen molar-refractivity contribution in [3.05, 3.63) is 78.2 Å². The number of imidazole rings is 1. The van der Waals surface area contributed by atoms with Crippen molar-refractivity contribution in [1.82, 2.24) is 14.0 Å². The zero-order valence-electron chi connectivity index (χ0n) is 18.2. The van der Waals surface area contributed by atoms with Crippen molar-refractivity contribution in [3.8, 4) is 5.00 Å². The Hall–Kier alpha value is -3.23. The number of hydrogen-bond donors (Lipinski definition) is 1. The van der Waals surface area contributed by atoms with Crippen molar-refractivity contribution in [2.45, 2.75) is 39.5 Å². The summed E-state index contributed by atoms with van der Waals surface area (Å²) in [5.41, 5.74) is 5.80. The van der Waals surface area contributed by atoms with Crippen molar-refractivity contribution in [1.29, 1.82) is 0 Å². The van der Waals surface area contributed by atoms with Gasteiger partial charge in [0.2, 0.25) is 0 Å². The van der Waals surface area contributed by atoms with Crippen LogP contribution >= 0.6 is 22.7 Å². The molecule has 4 aromatic heterocycles. The number of carboxylic acid groups (broad SMARTS) is 1. The van der Waals surface area contributed by atoms with E-state index in [4.69, 9.17) is 0 Å². The maximum Gasteiger partial charge on any atom is 0.339 e. The Balaban J connectivity index is 1.54. The largest absolute Gasteiger partial charge is 0.478 e. The summed E-state index contributed by atoms with van der Waals surface area (Å²) in [6.45, 7) is 3.98. The number of carboxylic acids is 1. The highest BCUT2D eigenvalue weighted by Crippen LogP contribution is 2.38. The Morgan fingerprint density at radius 1 is 1.15 bits per heavy atom. The lowest BCUT2D eigenvalue weighted by Crippen LogP contribution is -2.22. The molecule has 0 saturated carbocycles. The summed E-state index contributed by atoms with van der Waals surface area (Å²) in [5.74, 6) is -0.865. The molecule has 0 atom stereocenters. The maximum absolute atomic E-state index is 13.2. The summed E-state index contributed by atoms with van der Waals surface area (Å²) in [6, 6.07) is 9.67. The number of thiazole rings is 1. The third-order valence-corrected chi connectivity index (χ3v) is 8.72. The van der Waals surface area contributed by atoms with Crippen LogP contribution in [0.3, 0.4) is 0 Å². The van der Waals surface area contributed by atoms with E-state index in [1.807, 2.05) is 54.8 Å². The number of fused-ring (bicyclic) bond motifs is 4. The lowest BCUT2D eigenvalue weighted by Gasteiger charge is -2.11. The monoisotopic (exact) mass is 475 g/mol. The second kappa shape index (κ2) is 7.40. The first-order valence-corrected chi connectivity index (χ1v) is 12.6. The smallest absolute Gasteiger partial charge is 0.339 e. The minimum Gasteiger partial charge on any atom is -0.478 e. The van der Waals surface area contributed by atoms with Crippen molar-refractivity contribution < 1.29 is 9.90 Å². The molecule has 0 radical (unpaired) electrons. The van der Waals surface area contributed by atoms with E-state index in [1.165, 1.54) is 16.2 Å². The normalized spacial score (nSPS) is 14.4. The molecule has 0 amide bonds. The minimum absolute atomic E-state index is 0.0775. The van der Waals surface area contributed by atoms with E-state index in [0.717, 1.165) is 64.2 Å². The fourth-order valence-corrected chi connectivity index (χ4v) is 7.40. The van der Waals surface area contributed by atoms with Gasteiger partial charge in [0.1, 0.15) is 5.00 Å². The van der Waals surface area contributed by atoms with Crippen LogP contribution in [-0.2, 0) is 12.8 Å². The fraction of sp³-hybridized carbons (Fsp3) is 0.240. The minimum atomic E-state index is -0.865. The van der Waals surface area contributed by atoms with Crippen molar-refractivity contribution >= 4 is 50.7 Å². The number of nitrogens with zero attached hydrogens (tertiary/aromatic N) is 3. The molecule has 1 aliphatic rings. The van der Waals surface area contributed by atoms with Crippen LogP contribution in [0, 0.1) is 13.8 Å². The zero-order chi connectivity index (χ0) is 22.9. The first-order valence-electron chi connectivity index (χ1n) is 10.9. The molecule has 1 aliphatic carbocycles. The molecule has 0 unspecified atom stereocenters. The molecule has 5 aromatic rings. The highest BCUT2D eigenvalue weighted by atomic mass is 32.1. The third kappa shape index (κ3) is 3.01. The van der Waals surface area contributed by atoms with Gasteiger partial charge in [-0.1, -0.05) is 23.5 Å². The summed E-state index contributed by atoms with van der Waals surface area (Å²) in [4.78, 5) is 31.9. The van der Waals surface area contributed by atoms with Gasteiger partial charge in [0.25, 0.3) is 5.56 Å². The Morgan fingerprint density at radius 2 is 1.94 bits per heavy atom. The van der Waals surface area contributed by atoms with Gasteiger partial charge in [-0.15, -0.1) is 11.3 Å². The second-order valence-corrected chi connectivity index (χ2v) is 10.6. The Kier molecular flexibility index (Phi) is 4.57. The number of benzene rings is 1. The van der Waals surface area contributed by atoms with Gasteiger partial charge in [-0.2, -0.15) is 0 Å². The van der Waals surface area contributed by atoms with E-state index < -0.39 is 5.97 Å². The van der Waals surface area contributed by atoms with Gasteiger partial charge in [0.05, 0.1) is 21.1 Å². The zero-order valence-corrected chi connectivity index (χ0v) is 19.8. The van der Waals surface area contributed by atoms with Crippen LogP contribution in [0.2, 0.25) is 0 Å². The predicted octanol–water partition coefficient (Wildman–Crippen LogP) is 4.50. The van der Waals surface area contributed by atoms with E-state index >= 15 is 0 Å². The molecule has 0 spiro atoms. The lowest BCUT2D eigenvalue weighted by atomic mass is 9.95. The van der Waals surface area contributed by atoms with Crippen LogP contribution in [0.1, 0.15) is 50.6 Å². The number of carbonyl (C=O) groups is 1. The summed E-state index contributed by atoms with van der Waals surface area (Å²) in [5, 5.41) is 10.8. The van der Waals surface area contributed by atoms with Crippen LogP contribution in [0.4, 0.5) is 0 Å². The van der Waals surface area contributed by atoms with Crippen LogP contribution in [-0.4, -0.2) is 25.0 Å². The van der Waals surface area contributed by atoms with Gasteiger partial charge in [0, 0.05) is 16.3 Å². The summed E-state index contributed by atoms with van der Waals surface area (Å²) in [6.07, 6.45) is 5.82. The van der Waals surface area contributed by atoms with E-state index in [-0.39, 0.29) is 5.56 Å². The van der Waals surface area contributed by atoms with Crippen LogP contribution < -0.4 is 10.1 Å². The summed E-state index contributed by atoms with van der Waals surface area (Å²) in [7, 11) is 0. The predicted molar refractivity (Wildman–Crippen MR) is 132 cm³/mol. The SMILES string of the molecule is Cc1cc(/C=c2/sc3nc4ccccc4n3c2=O)c(C)n1-c1sc2c(c1C(=O)O)CCCC2. The van der Waals surface area contributed by atoms with Crippen LogP contribution in [0.5, 0.6) is 0 Å².